The summed E-state index contributed by atoms with van der Waals surface area (Å²) < 4.78 is 0. The van der Waals surface area contributed by atoms with Crippen molar-refractivity contribution in [3.63, 3.8) is 0 Å². The molecule has 0 aromatic heterocycles. The van der Waals surface area contributed by atoms with Gasteiger partial charge in [0.05, 0.1) is 11.4 Å². The topological polar surface area (TPSA) is 20.3 Å². The lowest BCUT2D eigenvalue weighted by Gasteiger charge is -2.31. The molecule has 0 saturated carbocycles. The summed E-state index contributed by atoms with van der Waals surface area (Å²) in [4.78, 5) is 16.2. The molecule has 102 valence electrons. The summed E-state index contributed by atoms with van der Waals surface area (Å²) >= 11 is 13.7. The highest BCUT2D eigenvalue weighted by molar-refractivity contribution is 7.99. The number of carbonyl (C=O) groups excluding carboxylic acids is 1. The van der Waals surface area contributed by atoms with Gasteiger partial charge in [-0.15, -0.1) is 11.6 Å². The zero-order valence-electron chi connectivity index (χ0n) is 10.6. The van der Waals surface area contributed by atoms with Crippen molar-refractivity contribution in [3.05, 3.63) is 47.5 Å². The van der Waals surface area contributed by atoms with Crippen molar-refractivity contribution in [1.82, 2.24) is 0 Å². The van der Waals surface area contributed by atoms with Crippen molar-refractivity contribution in [3.8, 4) is 0 Å². The SMILES string of the molecule is CC(Cl)C(=O)N1c2ccccc2Sc2ccc(Cl)cc21. The van der Waals surface area contributed by atoms with E-state index in [9.17, 15) is 4.79 Å². The van der Waals surface area contributed by atoms with Gasteiger partial charge < -0.3 is 0 Å². The van der Waals surface area contributed by atoms with Gasteiger partial charge in [0.25, 0.3) is 0 Å². The highest BCUT2D eigenvalue weighted by atomic mass is 35.5. The molecule has 1 aliphatic rings. The van der Waals surface area contributed by atoms with Crippen LogP contribution < -0.4 is 4.90 Å². The molecule has 0 N–H and O–H groups in total. The molecule has 2 aromatic carbocycles. The predicted molar refractivity (Wildman–Crippen MR) is 84.5 cm³/mol. The lowest BCUT2D eigenvalue weighted by atomic mass is 10.2. The second kappa shape index (κ2) is 5.32. The van der Waals surface area contributed by atoms with Crippen LogP contribution in [-0.4, -0.2) is 11.3 Å². The zero-order valence-corrected chi connectivity index (χ0v) is 13.0. The molecule has 20 heavy (non-hydrogen) atoms. The standard InChI is InChI=1S/C15H11Cl2NOS/c1-9(16)15(19)18-11-4-2-3-5-13(11)20-14-7-6-10(17)8-12(14)18/h2-9H,1H3. The number of para-hydroxylation sites is 1. The Balaban J connectivity index is 2.21. The molecule has 0 aliphatic carbocycles. The third-order valence-electron chi connectivity index (χ3n) is 3.05. The van der Waals surface area contributed by atoms with Gasteiger partial charge in [-0.05, 0) is 37.3 Å². The molecule has 2 nitrogen and oxygen atoms in total. The normalized spacial score (nSPS) is 14.4. The predicted octanol–water partition coefficient (Wildman–Crippen LogP) is 5.10. The molecule has 1 amide bonds. The van der Waals surface area contributed by atoms with E-state index in [4.69, 9.17) is 23.2 Å². The molecule has 1 atom stereocenters. The smallest absolute Gasteiger partial charge is 0.249 e. The van der Waals surface area contributed by atoms with E-state index < -0.39 is 5.38 Å². The van der Waals surface area contributed by atoms with Crippen molar-refractivity contribution in [2.45, 2.75) is 22.1 Å². The van der Waals surface area contributed by atoms with E-state index in [0.717, 1.165) is 21.2 Å². The van der Waals surface area contributed by atoms with Crippen LogP contribution in [0.5, 0.6) is 0 Å². The van der Waals surface area contributed by atoms with Crippen molar-refractivity contribution < 1.29 is 4.79 Å². The Kier molecular flexibility index (Phi) is 3.67. The summed E-state index contributed by atoms with van der Waals surface area (Å²) in [6.07, 6.45) is 0. The molecule has 1 aliphatic heterocycles. The van der Waals surface area contributed by atoms with E-state index in [-0.39, 0.29) is 5.91 Å². The van der Waals surface area contributed by atoms with E-state index in [2.05, 4.69) is 0 Å². The van der Waals surface area contributed by atoms with Gasteiger partial charge in [-0.2, -0.15) is 0 Å². The summed E-state index contributed by atoms with van der Waals surface area (Å²) in [6, 6.07) is 13.3. The highest BCUT2D eigenvalue weighted by Crippen LogP contribution is 2.49. The van der Waals surface area contributed by atoms with Crippen LogP contribution in [0.1, 0.15) is 6.92 Å². The van der Waals surface area contributed by atoms with E-state index in [1.165, 1.54) is 0 Å². The monoisotopic (exact) mass is 323 g/mol. The number of hydrogen-bond donors (Lipinski definition) is 0. The van der Waals surface area contributed by atoms with Crippen LogP contribution in [-0.2, 0) is 4.79 Å². The maximum Gasteiger partial charge on any atom is 0.249 e. The molecular weight excluding hydrogens is 313 g/mol. The number of alkyl halides is 1. The number of hydrogen-bond acceptors (Lipinski definition) is 2. The highest BCUT2D eigenvalue weighted by Gasteiger charge is 2.30. The number of halogens is 2. The van der Waals surface area contributed by atoms with Crippen molar-refractivity contribution >= 4 is 52.2 Å². The number of nitrogens with zero attached hydrogens (tertiary/aromatic N) is 1. The third-order valence-corrected chi connectivity index (χ3v) is 4.60. The molecule has 0 bridgehead atoms. The number of benzene rings is 2. The molecule has 2 aromatic rings. The number of amides is 1. The largest absolute Gasteiger partial charge is 0.277 e. The maximum absolute atomic E-state index is 12.5. The van der Waals surface area contributed by atoms with Gasteiger partial charge in [0.15, 0.2) is 0 Å². The Labute approximate surface area is 131 Å². The second-order valence-electron chi connectivity index (χ2n) is 4.47. The molecule has 5 heteroatoms. The van der Waals surface area contributed by atoms with Gasteiger partial charge in [0.1, 0.15) is 5.38 Å². The van der Waals surface area contributed by atoms with Crippen LogP contribution in [0.3, 0.4) is 0 Å². The summed E-state index contributed by atoms with van der Waals surface area (Å²) in [7, 11) is 0. The third kappa shape index (κ3) is 2.30. The Morgan fingerprint density at radius 3 is 2.60 bits per heavy atom. The maximum atomic E-state index is 12.5. The van der Waals surface area contributed by atoms with E-state index in [1.807, 2.05) is 36.4 Å². The van der Waals surface area contributed by atoms with Crippen LogP contribution >= 0.6 is 35.0 Å². The van der Waals surface area contributed by atoms with Gasteiger partial charge >= 0.3 is 0 Å². The van der Waals surface area contributed by atoms with Gasteiger partial charge in [-0.3, -0.25) is 9.69 Å². The minimum atomic E-state index is -0.599. The minimum absolute atomic E-state index is 0.150. The summed E-state index contributed by atoms with van der Waals surface area (Å²) in [5, 5.41) is 0.00162. The first kappa shape index (κ1) is 13.8. The number of rotatable bonds is 1. The lowest BCUT2D eigenvalue weighted by Crippen LogP contribution is -2.33. The Morgan fingerprint density at radius 2 is 1.85 bits per heavy atom. The molecule has 3 rings (SSSR count). The van der Waals surface area contributed by atoms with Crippen LogP contribution in [0, 0.1) is 0 Å². The Hall–Kier alpha value is -1.16. The first-order chi connectivity index (χ1) is 9.58. The fourth-order valence-corrected chi connectivity index (χ4v) is 3.45. The van der Waals surface area contributed by atoms with Gasteiger partial charge in [0.2, 0.25) is 5.91 Å². The van der Waals surface area contributed by atoms with Crippen molar-refractivity contribution in [2.24, 2.45) is 0 Å². The Bertz CT molecular complexity index is 687. The average Bonchev–Trinajstić information content (AvgIpc) is 2.44. The second-order valence-corrected chi connectivity index (χ2v) is 6.65. The van der Waals surface area contributed by atoms with Crippen molar-refractivity contribution in [1.29, 1.82) is 0 Å². The van der Waals surface area contributed by atoms with E-state index >= 15 is 0 Å². The van der Waals surface area contributed by atoms with Gasteiger partial charge in [-0.1, -0.05) is 35.5 Å². The zero-order chi connectivity index (χ0) is 14.3. The molecule has 1 unspecified atom stereocenters. The molecular formula is C15H11Cl2NOS. The van der Waals surface area contributed by atoms with Gasteiger partial charge in [-0.25, -0.2) is 0 Å². The van der Waals surface area contributed by atoms with Crippen molar-refractivity contribution in [2.75, 3.05) is 4.90 Å². The number of fused-ring (bicyclic) bond motifs is 2. The molecule has 1 heterocycles. The minimum Gasteiger partial charge on any atom is -0.277 e. The van der Waals surface area contributed by atoms with Crippen LogP contribution in [0.2, 0.25) is 5.02 Å². The fourth-order valence-electron chi connectivity index (χ4n) is 2.14. The Morgan fingerprint density at radius 1 is 1.15 bits per heavy atom. The summed E-state index contributed by atoms with van der Waals surface area (Å²) in [5.41, 5.74) is 1.64. The van der Waals surface area contributed by atoms with E-state index in [1.54, 1.807) is 29.7 Å². The molecule has 0 fully saturated rings. The van der Waals surface area contributed by atoms with Gasteiger partial charge in [0, 0.05) is 14.8 Å². The molecule has 0 saturated heterocycles. The first-order valence-corrected chi connectivity index (χ1v) is 7.75. The number of anilines is 2. The summed E-state index contributed by atoms with van der Waals surface area (Å²) in [6.45, 7) is 1.68. The quantitative estimate of drug-likeness (QED) is 0.681. The lowest BCUT2D eigenvalue weighted by molar-refractivity contribution is -0.117. The number of carbonyl (C=O) groups is 1. The van der Waals surface area contributed by atoms with Crippen LogP contribution in [0.15, 0.2) is 52.3 Å². The van der Waals surface area contributed by atoms with E-state index in [0.29, 0.717) is 5.02 Å². The molecule has 0 spiro atoms. The molecule has 0 radical (unpaired) electrons. The first-order valence-electron chi connectivity index (χ1n) is 6.12. The van der Waals surface area contributed by atoms with Crippen LogP contribution in [0.4, 0.5) is 11.4 Å². The average molecular weight is 324 g/mol. The fraction of sp³-hybridized carbons (Fsp3) is 0.133. The van der Waals surface area contributed by atoms with Crippen LogP contribution in [0.25, 0.3) is 0 Å². The summed E-state index contributed by atoms with van der Waals surface area (Å²) in [5.74, 6) is -0.150.